The lowest BCUT2D eigenvalue weighted by Crippen LogP contribution is -1.87. The Bertz CT molecular complexity index is 279. The van der Waals surface area contributed by atoms with Gasteiger partial charge in [-0.25, -0.2) is 0 Å². The Labute approximate surface area is 66.1 Å². The molecule has 0 aliphatic rings. The van der Waals surface area contributed by atoms with E-state index in [-0.39, 0.29) is 5.31 Å². The summed E-state index contributed by atoms with van der Waals surface area (Å²) in [6.07, 6.45) is 0. The van der Waals surface area contributed by atoms with Gasteiger partial charge in [0.25, 0.3) is 0 Å². The molecule has 0 saturated carbocycles. The fourth-order valence-corrected chi connectivity index (χ4v) is 1.10. The van der Waals surface area contributed by atoms with Crippen LogP contribution in [0.2, 0.25) is 0 Å². The van der Waals surface area contributed by atoms with Gasteiger partial charge in [0, 0.05) is 5.56 Å². The minimum atomic E-state index is -2.53. The van der Waals surface area contributed by atoms with Crippen LogP contribution in [0.5, 0.6) is 0 Å². The second-order valence-corrected chi connectivity index (χ2v) is 3.12. The van der Waals surface area contributed by atoms with Gasteiger partial charge in [-0.1, -0.05) is 34.9 Å². The minimum Gasteiger partial charge on any atom is -0.591 e. The molecule has 1 unspecified atom stereocenters. The van der Waals surface area contributed by atoms with Gasteiger partial charge >= 0.3 is 8.03 Å². The van der Waals surface area contributed by atoms with Crippen molar-refractivity contribution in [1.29, 1.82) is 0 Å². The molecule has 0 saturated heterocycles. The average Bonchev–Trinajstić information content (AvgIpc) is 2.05. The fraction of sp³-hybridized carbons (Fsp3) is 0. The first-order valence-electron chi connectivity index (χ1n) is 3.10. The van der Waals surface area contributed by atoms with Gasteiger partial charge in [-0.05, 0) is 6.58 Å². The molecule has 0 spiro atoms. The molecule has 0 aliphatic heterocycles. The molecule has 0 aromatic heterocycles. The molecular weight excluding hydrogens is 159 g/mol. The molecule has 0 radical (unpaired) electrons. The molecule has 1 aromatic rings. The summed E-state index contributed by atoms with van der Waals surface area (Å²) in [6.45, 7) is 3.43. The third-order valence-electron chi connectivity index (χ3n) is 1.33. The van der Waals surface area contributed by atoms with Crippen LogP contribution in [-0.2, 0) is 4.57 Å². The molecule has 0 fully saturated rings. The Morgan fingerprint density at radius 1 is 1.36 bits per heavy atom. The summed E-state index contributed by atoms with van der Waals surface area (Å²) in [7, 11) is -2.53. The molecular formula is C8H7O2P. The van der Waals surface area contributed by atoms with Crippen molar-refractivity contribution >= 4 is 13.3 Å². The Kier molecular flexibility index (Phi) is 2.53. The first kappa shape index (κ1) is 8.12. The van der Waals surface area contributed by atoms with Gasteiger partial charge in [-0.2, -0.15) is 0 Å². The zero-order valence-electron chi connectivity index (χ0n) is 5.86. The Morgan fingerprint density at radius 3 is 2.36 bits per heavy atom. The van der Waals surface area contributed by atoms with E-state index in [0.29, 0.717) is 5.56 Å². The van der Waals surface area contributed by atoms with Gasteiger partial charge in [-0.15, -0.1) is 0 Å². The lowest BCUT2D eigenvalue weighted by Gasteiger charge is -1.93. The number of hydrogen-bond acceptors (Lipinski definition) is 2. The maximum atomic E-state index is 10.4. The summed E-state index contributed by atoms with van der Waals surface area (Å²) in [4.78, 5) is 10.4. The smallest absolute Gasteiger partial charge is 0.348 e. The molecule has 0 amide bonds. The molecule has 0 N–H and O–H groups in total. The van der Waals surface area contributed by atoms with E-state index in [4.69, 9.17) is 0 Å². The molecule has 2 nitrogen and oxygen atoms in total. The van der Waals surface area contributed by atoms with Crippen molar-refractivity contribution in [2.45, 2.75) is 0 Å². The molecule has 56 valence electrons. The van der Waals surface area contributed by atoms with Crippen LogP contribution in [0.1, 0.15) is 5.56 Å². The highest BCUT2D eigenvalue weighted by atomic mass is 31.1. The van der Waals surface area contributed by atoms with E-state index in [1.54, 1.807) is 24.3 Å². The van der Waals surface area contributed by atoms with E-state index >= 15 is 0 Å². The lowest BCUT2D eigenvalue weighted by molar-refractivity contribution is -0.160. The zero-order chi connectivity index (χ0) is 8.27. The van der Waals surface area contributed by atoms with E-state index in [9.17, 15) is 9.46 Å². The van der Waals surface area contributed by atoms with Crippen LogP contribution in [0.3, 0.4) is 0 Å². The van der Waals surface area contributed by atoms with Gasteiger partial charge in [0.1, 0.15) is 0 Å². The fourth-order valence-electron chi connectivity index (χ4n) is 0.736. The predicted molar refractivity (Wildman–Crippen MR) is 43.1 cm³/mol. The monoisotopic (exact) mass is 166 g/mol. The van der Waals surface area contributed by atoms with E-state index in [1.807, 2.05) is 6.07 Å². The van der Waals surface area contributed by atoms with E-state index in [1.165, 1.54) is 0 Å². The highest BCUT2D eigenvalue weighted by Gasteiger charge is 2.09. The molecule has 1 atom stereocenters. The number of benzene rings is 1. The summed E-state index contributed by atoms with van der Waals surface area (Å²) in [6, 6.07) is 8.81. The van der Waals surface area contributed by atoms with Crippen molar-refractivity contribution in [1.82, 2.24) is 0 Å². The Balaban J connectivity index is 2.95. The molecule has 0 bridgehead atoms. The second kappa shape index (κ2) is 3.42. The lowest BCUT2D eigenvalue weighted by atomic mass is 10.2. The van der Waals surface area contributed by atoms with Crippen molar-refractivity contribution in [3.8, 4) is 0 Å². The van der Waals surface area contributed by atoms with Crippen LogP contribution in [0.15, 0.2) is 36.9 Å². The molecule has 1 aromatic carbocycles. The van der Waals surface area contributed by atoms with Crippen molar-refractivity contribution in [2.75, 3.05) is 0 Å². The highest BCUT2D eigenvalue weighted by molar-refractivity contribution is 7.49. The van der Waals surface area contributed by atoms with Gasteiger partial charge in [0.05, 0.1) is 0 Å². The van der Waals surface area contributed by atoms with Crippen LogP contribution in [0.4, 0.5) is 0 Å². The normalized spacial score (nSPS) is 10.8. The van der Waals surface area contributed by atoms with Gasteiger partial charge in [0.2, 0.25) is 0 Å². The van der Waals surface area contributed by atoms with Crippen LogP contribution in [0, 0.1) is 0 Å². The number of hydrogen-bond donors (Lipinski definition) is 0. The summed E-state index contributed by atoms with van der Waals surface area (Å²) in [5.41, 5.74) is 0.656. The van der Waals surface area contributed by atoms with E-state index in [0.717, 1.165) is 0 Å². The van der Waals surface area contributed by atoms with Crippen molar-refractivity contribution in [3.63, 3.8) is 0 Å². The molecule has 1 rings (SSSR count). The van der Waals surface area contributed by atoms with Crippen molar-refractivity contribution in [2.24, 2.45) is 0 Å². The first-order valence-corrected chi connectivity index (χ1v) is 4.28. The Morgan fingerprint density at radius 2 is 1.91 bits per heavy atom. The number of rotatable bonds is 2. The summed E-state index contributed by atoms with van der Waals surface area (Å²) < 4.78 is 10.4. The van der Waals surface area contributed by atoms with Crippen molar-refractivity contribution in [3.05, 3.63) is 42.5 Å². The molecule has 0 heterocycles. The quantitative estimate of drug-likeness (QED) is 0.628. The zero-order valence-corrected chi connectivity index (χ0v) is 6.75. The third-order valence-corrected chi connectivity index (χ3v) is 2.03. The maximum absolute atomic E-state index is 10.4. The Hall–Kier alpha value is -0.980. The summed E-state index contributed by atoms with van der Waals surface area (Å²) in [5.74, 6) is 0. The highest BCUT2D eigenvalue weighted by Crippen LogP contribution is 2.30. The third kappa shape index (κ3) is 1.97. The van der Waals surface area contributed by atoms with Crippen LogP contribution >= 0.6 is 8.03 Å². The molecule has 11 heavy (non-hydrogen) atoms. The van der Waals surface area contributed by atoms with E-state index in [2.05, 4.69) is 6.58 Å². The van der Waals surface area contributed by atoms with E-state index < -0.39 is 8.03 Å². The van der Waals surface area contributed by atoms with Gasteiger partial charge in [-0.3, -0.25) is 0 Å². The second-order valence-electron chi connectivity index (χ2n) is 2.07. The molecule has 3 heteroatoms. The van der Waals surface area contributed by atoms with Gasteiger partial charge in [0.15, 0.2) is 5.31 Å². The van der Waals surface area contributed by atoms with Crippen LogP contribution in [0.25, 0.3) is 5.31 Å². The topological polar surface area (TPSA) is 40.1 Å². The van der Waals surface area contributed by atoms with Crippen molar-refractivity contribution < 1.29 is 9.46 Å². The average molecular weight is 166 g/mol. The largest absolute Gasteiger partial charge is 0.591 e. The summed E-state index contributed by atoms with van der Waals surface area (Å²) >= 11 is 0. The first-order chi connectivity index (χ1) is 5.22. The maximum Gasteiger partial charge on any atom is 0.348 e. The van der Waals surface area contributed by atoms with Crippen LogP contribution < -0.4 is 4.89 Å². The van der Waals surface area contributed by atoms with Crippen LogP contribution in [-0.4, -0.2) is 0 Å². The SMILES string of the molecule is C=C(c1ccccc1)[P+](=O)[O-]. The van der Waals surface area contributed by atoms with Gasteiger partial charge < -0.3 is 4.89 Å². The standard InChI is InChI=1S/C8H7O2P/c1-7(11(9)10)8-5-3-2-4-6-8/h2-6H,1H2. The predicted octanol–water partition coefficient (Wildman–Crippen LogP) is 1.76. The summed E-state index contributed by atoms with van der Waals surface area (Å²) in [5, 5.41) is 0.167. The minimum absolute atomic E-state index is 0.167. The molecule has 0 aliphatic carbocycles.